The van der Waals surface area contributed by atoms with Gasteiger partial charge in [0.1, 0.15) is 0 Å². The molecule has 15 heavy (non-hydrogen) atoms. The molecule has 0 saturated heterocycles. The highest BCUT2D eigenvalue weighted by Crippen LogP contribution is 2.13. The summed E-state index contributed by atoms with van der Waals surface area (Å²) in [5, 5.41) is 0.552. The van der Waals surface area contributed by atoms with E-state index >= 15 is 0 Å². The van der Waals surface area contributed by atoms with Crippen LogP contribution in [0.15, 0.2) is 43.0 Å². The van der Waals surface area contributed by atoms with Crippen LogP contribution in [0, 0.1) is 0 Å². The maximum Gasteiger partial charge on any atom is 0.353 e. The lowest BCUT2D eigenvalue weighted by Gasteiger charge is -2.23. The molecule has 0 radical (unpaired) electrons. The second-order valence-corrected chi connectivity index (χ2v) is 2.92. The van der Waals surface area contributed by atoms with E-state index in [1.807, 2.05) is 18.2 Å². The molecule has 0 aliphatic heterocycles. The summed E-state index contributed by atoms with van der Waals surface area (Å²) in [6.07, 6.45) is 1.61. The fourth-order valence-corrected chi connectivity index (χ4v) is 1.17. The molecule has 0 bridgehead atoms. The lowest BCUT2D eigenvalue weighted by molar-refractivity contribution is 0.207. The number of carbonyl (C=O) groups is 1. The summed E-state index contributed by atoms with van der Waals surface area (Å²) in [6.45, 7) is 3.93. The smallest absolute Gasteiger partial charge is 0.288 e. The largest absolute Gasteiger partial charge is 0.353 e. The molecule has 0 unspecified atom stereocenters. The molecule has 5 nitrogen and oxygen atoms in total. The Kier molecular flexibility index (Phi) is 3.84. The van der Waals surface area contributed by atoms with Crippen LogP contribution in [0.3, 0.4) is 0 Å². The standard InChI is InChI=1S/C10H14N4O/c1-2-8-13(10(15)14(11)12)9-6-4-3-5-7-9/h2-7H,1,8,11-12H2. The molecule has 0 aliphatic rings. The van der Waals surface area contributed by atoms with Crippen LogP contribution in [0.1, 0.15) is 0 Å². The monoisotopic (exact) mass is 206 g/mol. The average Bonchev–Trinajstić information content (AvgIpc) is 2.26. The number of hydrogen-bond donors (Lipinski definition) is 2. The minimum Gasteiger partial charge on any atom is -0.288 e. The van der Waals surface area contributed by atoms with Crippen molar-refractivity contribution in [3.8, 4) is 0 Å². The van der Waals surface area contributed by atoms with Gasteiger partial charge in [-0.2, -0.15) is 5.12 Å². The van der Waals surface area contributed by atoms with E-state index in [9.17, 15) is 4.79 Å². The van der Waals surface area contributed by atoms with Crippen molar-refractivity contribution in [1.29, 1.82) is 0 Å². The Hall–Kier alpha value is -1.85. The summed E-state index contributed by atoms with van der Waals surface area (Å²) in [7, 11) is 0. The van der Waals surface area contributed by atoms with Gasteiger partial charge in [0.2, 0.25) is 0 Å². The van der Waals surface area contributed by atoms with Gasteiger partial charge in [-0.25, -0.2) is 16.5 Å². The maximum absolute atomic E-state index is 11.6. The highest BCUT2D eigenvalue weighted by Gasteiger charge is 2.16. The lowest BCUT2D eigenvalue weighted by atomic mass is 10.3. The summed E-state index contributed by atoms with van der Waals surface area (Å²) < 4.78 is 0. The van der Waals surface area contributed by atoms with E-state index in [4.69, 9.17) is 11.7 Å². The van der Waals surface area contributed by atoms with Crippen molar-refractivity contribution in [3.63, 3.8) is 0 Å². The van der Waals surface area contributed by atoms with E-state index in [0.29, 0.717) is 11.7 Å². The van der Waals surface area contributed by atoms with Crippen molar-refractivity contribution in [2.45, 2.75) is 0 Å². The molecule has 5 heteroatoms. The third kappa shape index (κ3) is 2.80. The van der Waals surface area contributed by atoms with Gasteiger partial charge in [-0.3, -0.25) is 4.90 Å². The van der Waals surface area contributed by atoms with Crippen molar-refractivity contribution in [2.24, 2.45) is 11.7 Å². The Morgan fingerprint density at radius 3 is 2.40 bits per heavy atom. The fraction of sp³-hybridized carbons (Fsp3) is 0.100. The second-order valence-electron chi connectivity index (χ2n) is 2.92. The second kappa shape index (κ2) is 5.14. The molecule has 80 valence electrons. The van der Waals surface area contributed by atoms with Gasteiger partial charge < -0.3 is 0 Å². The molecule has 0 fully saturated rings. The number of hydrazine groups is 2. The zero-order valence-corrected chi connectivity index (χ0v) is 8.34. The minimum atomic E-state index is -0.485. The van der Waals surface area contributed by atoms with Crippen LogP contribution in [0.2, 0.25) is 0 Å². The molecular weight excluding hydrogens is 192 g/mol. The van der Waals surface area contributed by atoms with E-state index < -0.39 is 6.03 Å². The predicted octanol–water partition coefficient (Wildman–Crippen LogP) is 0.848. The first-order valence-electron chi connectivity index (χ1n) is 4.43. The Bertz CT molecular complexity index is 337. The Labute approximate surface area is 88.5 Å². The first-order valence-corrected chi connectivity index (χ1v) is 4.43. The Balaban J connectivity index is 2.93. The zero-order chi connectivity index (χ0) is 11.3. The van der Waals surface area contributed by atoms with Gasteiger partial charge in [-0.05, 0) is 12.1 Å². The Morgan fingerprint density at radius 1 is 1.33 bits per heavy atom. The van der Waals surface area contributed by atoms with Crippen LogP contribution in [0.5, 0.6) is 0 Å². The molecule has 0 heterocycles. The number of benzene rings is 1. The van der Waals surface area contributed by atoms with Crippen LogP contribution >= 0.6 is 0 Å². The number of rotatable bonds is 3. The summed E-state index contributed by atoms with van der Waals surface area (Å²) in [6, 6.07) is 8.63. The van der Waals surface area contributed by atoms with Crippen molar-refractivity contribution >= 4 is 11.7 Å². The number of hydrogen-bond acceptors (Lipinski definition) is 3. The molecule has 2 amide bonds. The first kappa shape index (κ1) is 11.2. The number of amides is 2. The average molecular weight is 206 g/mol. The number of urea groups is 1. The summed E-state index contributed by atoms with van der Waals surface area (Å²) in [4.78, 5) is 13.0. The highest BCUT2D eigenvalue weighted by atomic mass is 16.2. The van der Waals surface area contributed by atoms with Crippen molar-refractivity contribution in [2.75, 3.05) is 11.4 Å². The van der Waals surface area contributed by atoms with Gasteiger partial charge in [0.15, 0.2) is 0 Å². The van der Waals surface area contributed by atoms with Gasteiger partial charge in [-0.15, -0.1) is 6.58 Å². The van der Waals surface area contributed by atoms with Gasteiger partial charge in [0, 0.05) is 12.2 Å². The van der Waals surface area contributed by atoms with Crippen LogP contribution < -0.4 is 16.6 Å². The third-order valence-corrected chi connectivity index (χ3v) is 1.83. The van der Waals surface area contributed by atoms with Gasteiger partial charge in [0.25, 0.3) is 0 Å². The molecule has 0 spiro atoms. The van der Waals surface area contributed by atoms with E-state index in [0.717, 1.165) is 5.69 Å². The normalized spacial score (nSPS) is 9.47. The summed E-state index contributed by atoms with van der Waals surface area (Å²) in [5.74, 6) is 10.4. The van der Waals surface area contributed by atoms with Crippen LogP contribution in [-0.4, -0.2) is 17.7 Å². The maximum atomic E-state index is 11.6. The molecule has 0 saturated carbocycles. The molecule has 0 aromatic heterocycles. The fourth-order valence-electron chi connectivity index (χ4n) is 1.17. The summed E-state index contributed by atoms with van der Waals surface area (Å²) in [5.41, 5.74) is 0.725. The van der Waals surface area contributed by atoms with Crippen LogP contribution in [0.25, 0.3) is 0 Å². The molecule has 0 atom stereocenters. The van der Waals surface area contributed by atoms with E-state index in [1.165, 1.54) is 4.90 Å². The summed E-state index contributed by atoms with van der Waals surface area (Å²) >= 11 is 0. The Morgan fingerprint density at radius 2 is 1.93 bits per heavy atom. The molecule has 1 rings (SSSR count). The number of nitrogens with zero attached hydrogens (tertiary/aromatic N) is 2. The van der Waals surface area contributed by atoms with Crippen molar-refractivity contribution < 1.29 is 4.79 Å². The molecule has 0 aliphatic carbocycles. The van der Waals surface area contributed by atoms with Crippen molar-refractivity contribution in [1.82, 2.24) is 5.12 Å². The van der Waals surface area contributed by atoms with Crippen molar-refractivity contribution in [3.05, 3.63) is 43.0 Å². The number of para-hydroxylation sites is 1. The molecule has 1 aromatic rings. The lowest BCUT2D eigenvalue weighted by Crippen LogP contribution is -2.51. The minimum absolute atomic E-state index is 0.355. The van der Waals surface area contributed by atoms with E-state index in [2.05, 4.69) is 6.58 Å². The SMILES string of the molecule is C=CCN(C(=O)N(N)N)c1ccccc1. The number of nitrogens with two attached hydrogens (primary N) is 2. The first-order chi connectivity index (χ1) is 7.16. The highest BCUT2D eigenvalue weighted by molar-refractivity contribution is 5.91. The van der Waals surface area contributed by atoms with Gasteiger partial charge >= 0.3 is 6.03 Å². The topological polar surface area (TPSA) is 75.6 Å². The number of anilines is 1. The predicted molar refractivity (Wildman–Crippen MR) is 59.6 cm³/mol. The zero-order valence-electron chi connectivity index (χ0n) is 8.34. The molecular formula is C10H14N4O. The van der Waals surface area contributed by atoms with E-state index in [-0.39, 0.29) is 0 Å². The molecule has 1 aromatic carbocycles. The van der Waals surface area contributed by atoms with Gasteiger partial charge in [-0.1, -0.05) is 24.3 Å². The number of carbonyl (C=O) groups excluding carboxylic acids is 1. The van der Waals surface area contributed by atoms with Gasteiger partial charge in [0.05, 0.1) is 0 Å². The van der Waals surface area contributed by atoms with Crippen LogP contribution in [0.4, 0.5) is 10.5 Å². The third-order valence-electron chi connectivity index (χ3n) is 1.83. The quantitative estimate of drug-likeness (QED) is 0.333. The van der Waals surface area contributed by atoms with E-state index in [1.54, 1.807) is 18.2 Å². The molecule has 4 N–H and O–H groups in total. The van der Waals surface area contributed by atoms with Crippen LogP contribution in [-0.2, 0) is 0 Å².